The average molecular weight is 619 g/mol. The van der Waals surface area contributed by atoms with Crippen LogP contribution in [0.15, 0.2) is 48.5 Å². The Morgan fingerprint density at radius 3 is 1.20 bits per heavy atom. The van der Waals surface area contributed by atoms with Gasteiger partial charge in [0, 0.05) is 45.1 Å². The third-order valence-corrected chi connectivity index (χ3v) is 10.9. The van der Waals surface area contributed by atoms with E-state index in [1.165, 1.54) is 0 Å². The fourth-order valence-corrected chi connectivity index (χ4v) is 8.61. The molecule has 7 rings (SSSR count). The van der Waals surface area contributed by atoms with E-state index >= 15 is 0 Å². The van der Waals surface area contributed by atoms with Crippen LogP contribution in [0.3, 0.4) is 0 Å². The van der Waals surface area contributed by atoms with Gasteiger partial charge in [-0.05, 0) is 71.1 Å². The number of hydrogen-bond donors (Lipinski definition) is 0. The summed E-state index contributed by atoms with van der Waals surface area (Å²) in [6, 6.07) is 16.8. The minimum atomic E-state index is -0.00432. The van der Waals surface area contributed by atoms with Crippen LogP contribution in [0.4, 0.5) is 0 Å². The second-order valence-corrected chi connectivity index (χ2v) is 13.6. The molecular weight excluding hydrogens is 581 g/mol. The van der Waals surface area contributed by atoms with Crippen molar-refractivity contribution in [2.45, 2.75) is 91.1 Å². The van der Waals surface area contributed by atoms with Crippen LogP contribution in [-0.2, 0) is 0 Å². The van der Waals surface area contributed by atoms with Gasteiger partial charge in [-0.3, -0.25) is 19.4 Å². The Bertz CT molecular complexity index is 1760. The Balaban J connectivity index is 1.41. The standard InChI is InChI=1S/C38H38N2O2S2/c1-5-7-9-11-21(3)39-35(41)27-17-13-23-26-16-20-30-34-28(36(42)40(38(30)44)22(4)12-10-8-6-2)18-14-24(32(26)34)25-15-19-29(37(39)43)33(27)31(23)25/h13-22H,5-12H2,1-4H3/t21-,22+. The molecule has 2 atom stereocenters. The lowest BCUT2D eigenvalue weighted by atomic mass is 9.82. The molecular formula is C38H38N2O2S2. The Kier molecular flexibility index (Phi) is 7.41. The van der Waals surface area contributed by atoms with Gasteiger partial charge in [-0.2, -0.15) is 0 Å². The monoisotopic (exact) mass is 618 g/mol. The molecule has 2 aliphatic heterocycles. The third kappa shape index (κ3) is 4.13. The number of rotatable bonds is 10. The number of carbonyl (C=O) groups is 2. The molecule has 0 radical (unpaired) electrons. The zero-order chi connectivity index (χ0) is 30.9. The molecule has 0 fully saturated rings. The lowest BCUT2D eigenvalue weighted by molar-refractivity contribution is 0.0798. The largest absolute Gasteiger partial charge is 0.296 e. The summed E-state index contributed by atoms with van der Waals surface area (Å²) < 4.78 is 0. The van der Waals surface area contributed by atoms with Crippen LogP contribution < -0.4 is 0 Å². The maximum Gasteiger partial charge on any atom is 0.259 e. The molecule has 44 heavy (non-hydrogen) atoms. The molecule has 2 aliphatic rings. The van der Waals surface area contributed by atoms with Gasteiger partial charge in [0.15, 0.2) is 0 Å². The first-order chi connectivity index (χ1) is 21.3. The highest BCUT2D eigenvalue weighted by Gasteiger charge is 2.37. The molecule has 4 nitrogen and oxygen atoms in total. The summed E-state index contributed by atoms with van der Waals surface area (Å²) in [4.78, 5) is 32.9. The Morgan fingerprint density at radius 1 is 0.523 bits per heavy atom. The van der Waals surface area contributed by atoms with Crippen LogP contribution in [0.1, 0.15) is 111 Å². The zero-order valence-electron chi connectivity index (χ0n) is 26.0. The van der Waals surface area contributed by atoms with Crippen LogP contribution in [0.2, 0.25) is 0 Å². The maximum atomic E-state index is 14.0. The lowest BCUT2D eigenvalue weighted by Gasteiger charge is -2.36. The van der Waals surface area contributed by atoms with Crippen LogP contribution in [0.25, 0.3) is 43.1 Å². The minimum absolute atomic E-state index is 0.00432. The van der Waals surface area contributed by atoms with Crippen molar-refractivity contribution in [2.75, 3.05) is 0 Å². The molecule has 2 heterocycles. The Morgan fingerprint density at radius 2 is 0.864 bits per heavy atom. The van der Waals surface area contributed by atoms with Gasteiger partial charge in [0.2, 0.25) is 0 Å². The Hall–Kier alpha value is -3.48. The summed E-state index contributed by atoms with van der Waals surface area (Å²) in [6.45, 7) is 8.62. The van der Waals surface area contributed by atoms with E-state index in [-0.39, 0.29) is 23.9 Å². The average Bonchev–Trinajstić information content (AvgIpc) is 3.02. The van der Waals surface area contributed by atoms with Gasteiger partial charge in [0.1, 0.15) is 9.98 Å². The third-order valence-electron chi connectivity index (χ3n) is 10.0. The van der Waals surface area contributed by atoms with Crippen molar-refractivity contribution in [2.24, 2.45) is 0 Å². The van der Waals surface area contributed by atoms with E-state index in [1.807, 2.05) is 21.9 Å². The van der Waals surface area contributed by atoms with Crippen LogP contribution in [-0.4, -0.2) is 43.7 Å². The summed E-state index contributed by atoms with van der Waals surface area (Å²) in [6.07, 6.45) is 8.62. The van der Waals surface area contributed by atoms with Gasteiger partial charge in [-0.25, -0.2) is 0 Å². The minimum Gasteiger partial charge on any atom is -0.296 e. The van der Waals surface area contributed by atoms with Crippen molar-refractivity contribution in [3.05, 3.63) is 70.8 Å². The topological polar surface area (TPSA) is 40.6 Å². The van der Waals surface area contributed by atoms with E-state index < -0.39 is 0 Å². The summed E-state index contributed by atoms with van der Waals surface area (Å²) in [5.41, 5.74) is 3.34. The summed E-state index contributed by atoms with van der Waals surface area (Å²) in [5.74, 6) is -0.00864. The summed E-state index contributed by atoms with van der Waals surface area (Å²) >= 11 is 12.1. The van der Waals surface area contributed by atoms with Gasteiger partial charge in [0.25, 0.3) is 11.8 Å². The van der Waals surface area contributed by atoms with E-state index in [0.29, 0.717) is 9.98 Å². The SMILES string of the molecule is CCCCC[C@@H](C)N1C(=O)c2ccc3c4ccc5c6c(ccc(c7ccc(c2c73)C1=S)c64)C(=O)N([C@@H](C)CCCCC)C5=S. The van der Waals surface area contributed by atoms with Gasteiger partial charge >= 0.3 is 0 Å². The van der Waals surface area contributed by atoms with Crippen molar-refractivity contribution in [1.29, 1.82) is 0 Å². The van der Waals surface area contributed by atoms with Crippen molar-refractivity contribution in [3.63, 3.8) is 0 Å². The van der Waals surface area contributed by atoms with Gasteiger partial charge in [-0.1, -0.05) is 113 Å². The smallest absolute Gasteiger partial charge is 0.259 e. The molecule has 0 aromatic heterocycles. The second-order valence-electron chi connectivity index (χ2n) is 12.8. The number of carbonyl (C=O) groups excluding carboxylic acids is 2. The lowest BCUT2D eigenvalue weighted by Crippen LogP contribution is -2.45. The number of benzene rings is 5. The zero-order valence-corrected chi connectivity index (χ0v) is 27.6. The fourth-order valence-electron chi connectivity index (χ4n) is 7.74. The molecule has 0 unspecified atom stereocenters. The first-order valence-electron chi connectivity index (χ1n) is 16.3. The highest BCUT2D eigenvalue weighted by molar-refractivity contribution is 7.81. The van der Waals surface area contributed by atoms with Gasteiger partial charge < -0.3 is 0 Å². The van der Waals surface area contributed by atoms with Crippen LogP contribution in [0.5, 0.6) is 0 Å². The molecule has 2 amide bonds. The maximum absolute atomic E-state index is 14.0. The van der Waals surface area contributed by atoms with E-state index in [9.17, 15) is 9.59 Å². The van der Waals surface area contributed by atoms with Crippen molar-refractivity contribution < 1.29 is 9.59 Å². The van der Waals surface area contributed by atoms with Crippen LogP contribution in [0, 0.1) is 0 Å². The molecule has 0 saturated heterocycles. The molecule has 0 N–H and O–H groups in total. The van der Waals surface area contributed by atoms with E-state index in [2.05, 4.69) is 64.1 Å². The highest BCUT2D eigenvalue weighted by atomic mass is 32.1. The molecule has 6 heteroatoms. The fraction of sp³-hybridized carbons (Fsp3) is 0.368. The molecule has 0 spiro atoms. The highest BCUT2D eigenvalue weighted by Crippen LogP contribution is 2.46. The number of unbranched alkanes of at least 4 members (excludes halogenated alkanes) is 4. The molecule has 224 valence electrons. The van der Waals surface area contributed by atoms with E-state index in [1.54, 1.807) is 0 Å². The van der Waals surface area contributed by atoms with Crippen molar-refractivity contribution in [1.82, 2.24) is 9.80 Å². The van der Waals surface area contributed by atoms with Crippen molar-refractivity contribution >= 4 is 89.3 Å². The Labute approximate surface area is 269 Å². The first-order valence-corrected chi connectivity index (χ1v) is 17.1. The molecule has 5 aromatic carbocycles. The van der Waals surface area contributed by atoms with E-state index in [4.69, 9.17) is 24.4 Å². The molecule has 0 bridgehead atoms. The van der Waals surface area contributed by atoms with Gasteiger partial charge in [-0.15, -0.1) is 0 Å². The van der Waals surface area contributed by atoms with Crippen LogP contribution >= 0.6 is 24.4 Å². The van der Waals surface area contributed by atoms with Gasteiger partial charge in [0.05, 0.1) is 0 Å². The number of hydrogen-bond acceptors (Lipinski definition) is 4. The van der Waals surface area contributed by atoms with E-state index in [0.717, 1.165) is 117 Å². The number of nitrogens with zero attached hydrogens (tertiary/aromatic N) is 2. The quantitative estimate of drug-likeness (QED) is 0.0676. The number of amides is 2. The molecule has 5 aromatic rings. The first kappa shape index (κ1) is 29.2. The number of thiocarbonyl (C=S) groups is 2. The summed E-state index contributed by atoms with van der Waals surface area (Å²) in [5, 5.41) is 8.34. The summed E-state index contributed by atoms with van der Waals surface area (Å²) in [7, 11) is 0. The van der Waals surface area contributed by atoms with Crippen molar-refractivity contribution in [3.8, 4) is 0 Å². The second kappa shape index (κ2) is 11.1. The normalized spacial score (nSPS) is 16.4. The molecule has 0 saturated carbocycles. The number of fused-ring (bicyclic) bond motifs is 2. The molecule has 0 aliphatic carbocycles. The predicted octanol–water partition coefficient (Wildman–Crippen LogP) is 9.94. The predicted molar refractivity (Wildman–Crippen MR) is 191 cm³/mol.